The number of fused-ring (bicyclic) bond motifs is 9. The summed E-state index contributed by atoms with van der Waals surface area (Å²) >= 11 is 0. The number of anilines is 3. The highest BCUT2D eigenvalue weighted by Crippen LogP contribution is 2.46. The molecule has 0 amide bonds. The van der Waals surface area contributed by atoms with Crippen molar-refractivity contribution in [3.8, 4) is 22.3 Å². The lowest BCUT2D eigenvalue weighted by Gasteiger charge is -2.30. The molecule has 0 unspecified atom stereocenters. The van der Waals surface area contributed by atoms with Gasteiger partial charge in [-0.15, -0.1) is 0 Å². The van der Waals surface area contributed by atoms with E-state index in [4.69, 9.17) is 0 Å². The van der Waals surface area contributed by atoms with E-state index in [-0.39, 0.29) is 0 Å². The number of nitrogens with zero attached hydrogens (tertiary/aromatic N) is 1. The van der Waals surface area contributed by atoms with Crippen LogP contribution in [0, 0.1) is 0 Å². The normalized spacial score (nSPS) is 11.6. The Labute approximate surface area is 320 Å². The van der Waals surface area contributed by atoms with Crippen LogP contribution >= 0.6 is 0 Å². The highest BCUT2D eigenvalue weighted by Gasteiger charge is 2.21. The van der Waals surface area contributed by atoms with Crippen molar-refractivity contribution in [2.45, 2.75) is 0 Å². The topological polar surface area (TPSA) is 3.24 Å². The van der Waals surface area contributed by atoms with Gasteiger partial charge in [0.25, 0.3) is 0 Å². The Kier molecular flexibility index (Phi) is 7.25. The first-order chi connectivity index (χ1) is 27.3. The quantitative estimate of drug-likeness (QED) is 0.162. The molecule has 11 aromatic carbocycles. The fourth-order valence-corrected chi connectivity index (χ4v) is 8.80. The monoisotopic (exact) mass is 697 g/mol. The van der Waals surface area contributed by atoms with E-state index in [0.29, 0.717) is 0 Å². The van der Waals surface area contributed by atoms with Crippen LogP contribution in [0.5, 0.6) is 0 Å². The van der Waals surface area contributed by atoms with Crippen molar-refractivity contribution >= 4 is 81.7 Å². The van der Waals surface area contributed by atoms with Gasteiger partial charge in [-0.2, -0.15) is 0 Å². The molecule has 0 saturated carbocycles. The van der Waals surface area contributed by atoms with Gasteiger partial charge >= 0.3 is 0 Å². The van der Waals surface area contributed by atoms with Gasteiger partial charge in [0.05, 0.1) is 11.4 Å². The third-order valence-corrected chi connectivity index (χ3v) is 11.4. The molecular weight excluding hydrogens is 663 g/mol. The molecule has 0 aliphatic heterocycles. The van der Waals surface area contributed by atoms with Crippen LogP contribution in [0.3, 0.4) is 0 Å². The summed E-state index contributed by atoms with van der Waals surface area (Å²) in [6, 6.07) is 77.9. The molecule has 256 valence electrons. The number of hydrogen-bond acceptors (Lipinski definition) is 1. The predicted octanol–water partition coefficient (Wildman–Crippen LogP) is 15.4. The highest BCUT2D eigenvalue weighted by atomic mass is 15.1. The van der Waals surface area contributed by atoms with E-state index in [2.05, 4.69) is 217 Å². The third-order valence-electron chi connectivity index (χ3n) is 11.4. The minimum Gasteiger partial charge on any atom is -0.309 e. The van der Waals surface area contributed by atoms with Crippen LogP contribution in [-0.4, -0.2) is 0 Å². The van der Waals surface area contributed by atoms with E-state index in [1.165, 1.54) is 86.9 Å². The van der Waals surface area contributed by atoms with Gasteiger partial charge in [-0.1, -0.05) is 182 Å². The summed E-state index contributed by atoms with van der Waals surface area (Å²) in [6.45, 7) is 0. The Morgan fingerprint density at radius 1 is 0.236 bits per heavy atom. The number of rotatable bonds is 5. The van der Waals surface area contributed by atoms with E-state index < -0.39 is 0 Å². The van der Waals surface area contributed by atoms with Crippen molar-refractivity contribution in [2.24, 2.45) is 0 Å². The zero-order valence-corrected chi connectivity index (χ0v) is 30.2. The van der Waals surface area contributed by atoms with E-state index in [9.17, 15) is 0 Å². The van der Waals surface area contributed by atoms with Crippen molar-refractivity contribution in [3.63, 3.8) is 0 Å². The first-order valence-corrected chi connectivity index (χ1v) is 19.0. The van der Waals surface area contributed by atoms with Gasteiger partial charge in [-0.05, 0) is 106 Å². The summed E-state index contributed by atoms with van der Waals surface area (Å²) in [6.07, 6.45) is 0. The van der Waals surface area contributed by atoms with E-state index >= 15 is 0 Å². The standard InChI is InChI=1S/C54H35N/c1-2-12-36(13-3-1)48-18-10-11-21-53(48)55(42-27-31-45-41(35-42)23-22-37-14-4-6-16-43(37)45)54-33-32-47(49-19-8-9-20-52(49)54)39-25-28-46-40(34-39)26-30-50-44-17-7-5-15-38(44)24-29-51(46)50/h1-35H. The van der Waals surface area contributed by atoms with Crippen molar-refractivity contribution in [2.75, 3.05) is 4.90 Å². The van der Waals surface area contributed by atoms with Gasteiger partial charge in [0, 0.05) is 16.6 Å². The first kappa shape index (κ1) is 31.3. The lowest BCUT2D eigenvalue weighted by atomic mass is 9.92. The maximum atomic E-state index is 2.46. The zero-order chi connectivity index (χ0) is 36.3. The van der Waals surface area contributed by atoms with Crippen molar-refractivity contribution in [1.82, 2.24) is 0 Å². The van der Waals surface area contributed by atoms with Crippen LogP contribution in [0.15, 0.2) is 212 Å². The third kappa shape index (κ3) is 5.16. The van der Waals surface area contributed by atoms with Gasteiger partial charge in [0.1, 0.15) is 0 Å². The molecule has 1 heteroatoms. The van der Waals surface area contributed by atoms with E-state index in [1.807, 2.05) is 0 Å². The van der Waals surface area contributed by atoms with Crippen LogP contribution in [0.25, 0.3) is 86.9 Å². The largest absolute Gasteiger partial charge is 0.309 e. The Bertz CT molecular complexity index is 3270. The molecule has 0 aliphatic carbocycles. The molecule has 0 radical (unpaired) electrons. The van der Waals surface area contributed by atoms with Gasteiger partial charge in [0.2, 0.25) is 0 Å². The molecule has 0 fully saturated rings. The summed E-state index contributed by atoms with van der Waals surface area (Å²) in [5.74, 6) is 0. The van der Waals surface area contributed by atoms with Crippen molar-refractivity contribution in [1.29, 1.82) is 0 Å². The SMILES string of the molecule is c1ccc(-c2ccccc2N(c2ccc3c(ccc4ccccc43)c2)c2ccc(-c3ccc4c(ccc5c6ccccc6ccc45)c3)c3ccccc23)cc1. The average molecular weight is 698 g/mol. The molecule has 0 aromatic heterocycles. The van der Waals surface area contributed by atoms with Gasteiger partial charge in [-0.25, -0.2) is 0 Å². The Morgan fingerprint density at radius 2 is 0.764 bits per heavy atom. The molecule has 0 spiro atoms. The number of hydrogen-bond donors (Lipinski definition) is 0. The molecule has 0 heterocycles. The van der Waals surface area contributed by atoms with E-state index in [1.54, 1.807) is 0 Å². The fourth-order valence-electron chi connectivity index (χ4n) is 8.80. The van der Waals surface area contributed by atoms with Crippen LogP contribution < -0.4 is 4.90 Å². The van der Waals surface area contributed by atoms with Gasteiger partial charge in [-0.3, -0.25) is 0 Å². The second kappa shape index (κ2) is 12.7. The van der Waals surface area contributed by atoms with Crippen LogP contribution in [0.4, 0.5) is 17.1 Å². The maximum Gasteiger partial charge on any atom is 0.0540 e. The van der Waals surface area contributed by atoms with Crippen LogP contribution in [0.1, 0.15) is 0 Å². The van der Waals surface area contributed by atoms with Crippen molar-refractivity contribution in [3.05, 3.63) is 212 Å². The second-order valence-corrected chi connectivity index (χ2v) is 14.5. The fraction of sp³-hybridized carbons (Fsp3) is 0. The molecule has 0 aliphatic rings. The lowest BCUT2D eigenvalue weighted by Crippen LogP contribution is -2.12. The summed E-state index contributed by atoms with van der Waals surface area (Å²) in [7, 11) is 0. The molecule has 11 rings (SSSR count). The molecule has 55 heavy (non-hydrogen) atoms. The molecule has 11 aromatic rings. The van der Waals surface area contributed by atoms with Crippen LogP contribution in [0.2, 0.25) is 0 Å². The Hall–Kier alpha value is -7.22. The lowest BCUT2D eigenvalue weighted by molar-refractivity contribution is 1.30. The zero-order valence-electron chi connectivity index (χ0n) is 30.2. The van der Waals surface area contributed by atoms with Crippen LogP contribution in [-0.2, 0) is 0 Å². The Morgan fingerprint density at radius 3 is 1.56 bits per heavy atom. The number of para-hydroxylation sites is 1. The summed E-state index contributed by atoms with van der Waals surface area (Å²) in [5, 5.41) is 15.1. The molecule has 1 nitrogen and oxygen atoms in total. The van der Waals surface area contributed by atoms with Gasteiger partial charge < -0.3 is 4.90 Å². The van der Waals surface area contributed by atoms with Gasteiger partial charge in [0.15, 0.2) is 0 Å². The summed E-state index contributed by atoms with van der Waals surface area (Å²) in [4.78, 5) is 2.46. The minimum absolute atomic E-state index is 1.12. The Balaban J connectivity index is 1.11. The molecular formula is C54H35N. The highest BCUT2D eigenvalue weighted by molar-refractivity contribution is 6.18. The second-order valence-electron chi connectivity index (χ2n) is 14.5. The molecule has 0 saturated heterocycles. The maximum absolute atomic E-state index is 2.46. The molecule has 0 atom stereocenters. The van der Waals surface area contributed by atoms with Crippen molar-refractivity contribution < 1.29 is 0 Å². The summed E-state index contributed by atoms with van der Waals surface area (Å²) in [5.41, 5.74) is 8.20. The number of benzene rings is 11. The predicted molar refractivity (Wildman–Crippen MR) is 237 cm³/mol. The molecule has 0 bridgehead atoms. The summed E-state index contributed by atoms with van der Waals surface area (Å²) < 4.78 is 0. The van der Waals surface area contributed by atoms with E-state index in [0.717, 1.165) is 17.1 Å². The molecule has 0 N–H and O–H groups in total. The smallest absolute Gasteiger partial charge is 0.0540 e. The minimum atomic E-state index is 1.12. The first-order valence-electron chi connectivity index (χ1n) is 19.0. The average Bonchev–Trinajstić information content (AvgIpc) is 3.26.